The first-order chi connectivity index (χ1) is 9.74. The van der Waals surface area contributed by atoms with Crippen molar-refractivity contribution in [2.75, 3.05) is 6.61 Å². The molecule has 0 aromatic heterocycles. The van der Waals surface area contributed by atoms with Crippen molar-refractivity contribution in [3.8, 4) is 5.75 Å². The molecule has 1 atom stereocenters. The van der Waals surface area contributed by atoms with E-state index < -0.39 is 11.4 Å². The molecule has 0 spiro atoms. The van der Waals surface area contributed by atoms with Crippen molar-refractivity contribution in [2.24, 2.45) is 11.5 Å². The van der Waals surface area contributed by atoms with Gasteiger partial charge < -0.3 is 16.2 Å². The Bertz CT molecular complexity index is 482. The molecule has 0 saturated carbocycles. The molecule has 1 unspecified atom stereocenters. The summed E-state index contributed by atoms with van der Waals surface area (Å²) in [4.78, 5) is 11.1. The summed E-state index contributed by atoms with van der Waals surface area (Å²) in [5.41, 5.74) is 12.6. The molecule has 4 nitrogen and oxygen atoms in total. The first kappa shape index (κ1) is 17.5. The van der Waals surface area contributed by atoms with Gasteiger partial charge in [-0.05, 0) is 56.2 Å². The van der Waals surface area contributed by atoms with Gasteiger partial charge in [-0.15, -0.1) is 0 Å². The second kappa shape index (κ2) is 7.46. The lowest BCUT2D eigenvalue weighted by Gasteiger charge is -2.20. The highest BCUT2D eigenvalue weighted by Crippen LogP contribution is 2.27. The van der Waals surface area contributed by atoms with Gasteiger partial charge in [0.15, 0.2) is 0 Å². The first-order valence-electron chi connectivity index (χ1n) is 7.56. The van der Waals surface area contributed by atoms with Crippen molar-refractivity contribution in [1.29, 1.82) is 0 Å². The Morgan fingerprint density at radius 2 is 2.00 bits per heavy atom. The van der Waals surface area contributed by atoms with E-state index in [4.69, 9.17) is 16.2 Å². The van der Waals surface area contributed by atoms with Crippen molar-refractivity contribution < 1.29 is 9.53 Å². The second-order valence-corrected chi connectivity index (χ2v) is 6.28. The largest absolute Gasteiger partial charge is 0.493 e. The van der Waals surface area contributed by atoms with Crippen LogP contribution in [0.4, 0.5) is 0 Å². The number of unbranched alkanes of at least 4 members (excludes halogenated alkanes) is 1. The van der Waals surface area contributed by atoms with E-state index in [0.717, 1.165) is 18.6 Å². The van der Waals surface area contributed by atoms with Crippen molar-refractivity contribution in [3.63, 3.8) is 0 Å². The van der Waals surface area contributed by atoms with E-state index in [1.165, 1.54) is 11.1 Å². The molecule has 21 heavy (non-hydrogen) atoms. The number of ether oxygens (including phenoxy) is 1. The van der Waals surface area contributed by atoms with Crippen molar-refractivity contribution in [1.82, 2.24) is 0 Å². The fourth-order valence-electron chi connectivity index (χ4n) is 2.14. The van der Waals surface area contributed by atoms with Crippen LogP contribution in [-0.2, 0) is 4.79 Å². The predicted octanol–water partition coefficient (Wildman–Crippen LogP) is 2.87. The Labute approximate surface area is 127 Å². The Kier molecular flexibility index (Phi) is 6.21. The van der Waals surface area contributed by atoms with Gasteiger partial charge in [0.2, 0.25) is 5.91 Å². The minimum absolute atomic E-state index is 0.433. The van der Waals surface area contributed by atoms with Crippen molar-refractivity contribution in [2.45, 2.75) is 58.4 Å². The molecule has 1 aromatic carbocycles. The highest BCUT2D eigenvalue weighted by atomic mass is 16.5. The molecule has 4 heteroatoms. The molecule has 4 N–H and O–H groups in total. The topological polar surface area (TPSA) is 78.3 Å². The van der Waals surface area contributed by atoms with E-state index in [1.807, 2.05) is 0 Å². The molecule has 0 radical (unpaired) electrons. The minimum Gasteiger partial charge on any atom is -0.493 e. The van der Waals surface area contributed by atoms with Crippen LogP contribution in [0.2, 0.25) is 0 Å². The lowest BCUT2D eigenvalue weighted by atomic mass is 9.95. The number of nitrogens with two attached hydrogens (primary N) is 2. The standard InChI is InChI=1S/C17H28N2O2/c1-12(2)14-8-7-13(3)11-15(14)21-10-6-5-9-17(4,19)16(18)20/h7-8,11-12H,5-6,9-10,19H2,1-4H3,(H2,18,20). The number of aryl methyl sites for hydroxylation is 1. The zero-order chi connectivity index (χ0) is 16.0. The van der Waals surface area contributed by atoms with Crippen LogP contribution in [0, 0.1) is 6.92 Å². The lowest BCUT2D eigenvalue weighted by molar-refractivity contribution is -0.122. The molecular formula is C17H28N2O2. The SMILES string of the molecule is Cc1ccc(C(C)C)c(OCCCCC(C)(N)C(N)=O)c1. The van der Waals surface area contributed by atoms with Crippen LogP contribution in [0.1, 0.15) is 57.1 Å². The van der Waals surface area contributed by atoms with Crippen LogP contribution in [0.15, 0.2) is 18.2 Å². The van der Waals surface area contributed by atoms with E-state index in [2.05, 4.69) is 39.0 Å². The summed E-state index contributed by atoms with van der Waals surface area (Å²) >= 11 is 0. The van der Waals surface area contributed by atoms with Gasteiger partial charge in [-0.3, -0.25) is 4.79 Å². The molecule has 1 aromatic rings. The summed E-state index contributed by atoms with van der Waals surface area (Å²) in [5, 5.41) is 0. The summed E-state index contributed by atoms with van der Waals surface area (Å²) in [6, 6.07) is 6.31. The zero-order valence-electron chi connectivity index (χ0n) is 13.6. The van der Waals surface area contributed by atoms with Crippen molar-refractivity contribution >= 4 is 5.91 Å². The number of hydrogen-bond donors (Lipinski definition) is 2. The van der Waals surface area contributed by atoms with E-state index in [0.29, 0.717) is 18.9 Å². The second-order valence-electron chi connectivity index (χ2n) is 6.28. The monoisotopic (exact) mass is 292 g/mol. The average Bonchev–Trinajstić information content (AvgIpc) is 2.37. The molecule has 1 rings (SSSR count). The average molecular weight is 292 g/mol. The first-order valence-corrected chi connectivity index (χ1v) is 7.56. The molecule has 1 amide bonds. The maximum Gasteiger partial charge on any atom is 0.237 e. The number of amides is 1. The van der Waals surface area contributed by atoms with Crippen LogP contribution in [0.25, 0.3) is 0 Å². The summed E-state index contributed by atoms with van der Waals surface area (Å²) in [6.45, 7) is 8.67. The number of benzene rings is 1. The molecule has 0 aliphatic rings. The van der Waals surface area contributed by atoms with Crippen LogP contribution in [-0.4, -0.2) is 18.1 Å². The van der Waals surface area contributed by atoms with Crippen LogP contribution in [0.3, 0.4) is 0 Å². The maximum atomic E-state index is 11.1. The van der Waals surface area contributed by atoms with Gasteiger partial charge >= 0.3 is 0 Å². The van der Waals surface area contributed by atoms with Crippen molar-refractivity contribution in [3.05, 3.63) is 29.3 Å². The number of rotatable bonds is 8. The van der Waals surface area contributed by atoms with Gasteiger partial charge in [-0.25, -0.2) is 0 Å². The van der Waals surface area contributed by atoms with Gasteiger partial charge in [-0.1, -0.05) is 26.0 Å². The summed E-state index contributed by atoms with van der Waals surface area (Å²) < 4.78 is 5.90. The fourth-order valence-corrected chi connectivity index (χ4v) is 2.14. The van der Waals surface area contributed by atoms with Gasteiger partial charge in [0.25, 0.3) is 0 Å². The molecule has 0 saturated heterocycles. The van der Waals surface area contributed by atoms with Gasteiger partial charge in [-0.2, -0.15) is 0 Å². The van der Waals surface area contributed by atoms with E-state index >= 15 is 0 Å². The molecule has 0 heterocycles. The van der Waals surface area contributed by atoms with Gasteiger partial charge in [0, 0.05) is 0 Å². The third-order valence-electron chi connectivity index (χ3n) is 3.70. The highest BCUT2D eigenvalue weighted by Gasteiger charge is 2.24. The number of primary amides is 1. The molecule has 0 aliphatic heterocycles. The molecular weight excluding hydrogens is 264 g/mol. The molecule has 0 aliphatic carbocycles. The lowest BCUT2D eigenvalue weighted by Crippen LogP contribution is -2.49. The third-order valence-corrected chi connectivity index (χ3v) is 3.70. The van der Waals surface area contributed by atoms with Crippen LogP contribution in [0.5, 0.6) is 5.75 Å². The highest BCUT2D eigenvalue weighted by molar-refractivity contribution is 5.83. The Morgan fingerprint density at radius 3 is 2.57 bits per heavy atom. The van der Waals surface area contributed by atoms with E-state index in [1.54, 1.807) is 6.92 Å². The zero-order valence-corrected chi connectivity index (χ0v) is 13.6. The predicted molar refractivity (Wildman–Crippen MR) is 86.4 cm³/mol. The molecule has 118 valence electrons. The number of carbonyl (C=O) groups is 1. The third kappa shape index (κ3) is 5.38. The van der Waals surface area contributed by atoms with Crippen LogP contribution < -0.4 is 16.2 Å². The quantitative estimate of drug-likeness (QED) is 0.723. The van der Waals surface area contributed by atoms with E-state index in [-0.39, 0.29) is 0 Å². The number of hydrogen-bond acceptors (Lipinski definition) is 3. The Morgan fingerprint density at radius 1 is 1.33 bits per heavy atom. The smallest absolute Gasteiger partial charge is 0.237 e. The van der Waals surface area contributed by atoms with Gasteiger partial charge in [0.05, 0.1) is 12.1 Å². The molecule has 0 fully saturated rings. The Balaban J connectivity index is 2.46. The summed E-state index contributed by atoms with van der Waals surface area (Å²) in [6.07, 6.45) is 2.25. The van der Waals surface area contributed by atoms with E-state index in [9.17, 15) is 4.79 Å². The van der Waals surface area contributed by atoms with Crippen LogP contribution >= 0.6 is 0 Å². The fraction of sp³-hybridized carbons (Fsp3) is 0.588. The molecule has 0 bridgehead atoms. The summed E-state index contributed by atoms with van der Waals surface area (Å²) in [7, 11) is 0. The number of carbonyl (C=O) groups excluding carboxylic acids is 1. The summed E-state index contributed by atoms with van der Waals surface area (Å²) in [5.74, 6) is 0.933. The Hall–Kier alpha value is -1.55. The van der Waals surface area contributed by atoms with Gasteiger partial charge in [0.1, 0.15) is 5.75 Å². The maximum absolute atomic E-state index is 11.1. The minimum atomic E-state index is -0.924. The normalized spacial score (nSPS) is 14.0.